The van der Waals surface area contributed by atoms with Crippen molar-refractivity contribution in [2.24, 2.45) is 0 Å². The van der Waals surface area contributed by atoms with Crippen molar-refractivity contribution in [3.8, 4) is 22.6 Å². The molecular weight excluding hydrogens is 426 g/mol. The summed E-state index contributed by atoms with van der Waals surface area (Å²) in [5, 5.41) is 12.1. The molecule has 0 aliphatic carbocycles. The molecule has 1 aliphatic rings. The molecule has 0 saturated carbocycles. The van der Waals surface area contributed by atoms with Gasteiger partial charge in [0.05, 0.1) is 17.4 Å². The number of hydrogen-bond acceptors (Lipinski definition) is 7. The highest BCUT2D eigenvalue weighted by Gasteiger charge is 2.41. The highest BCUT2D eigenvalue weighted by Crippen LogP contribution is 2.32. The normalized spacial score (nSPS) is 19.3. The van der Waals surface area contributed by atoms with Gasteiger partial charge in [-0.05, 0) is 48.0 Å². The summed E-state index contributed by atoms with van der Waals surface area (Å²) >= 11 is 1.14. The lowest BCUT2D eigenvalue weighted by atomic mass is 10.1. The van der Waals surface area contributed by atoms with Crippen molar-refractivity contribution in [2.75, 3.05) is 12.3 Å². The molecule has 1 fully saturated rings. The third-order valence-corrected chi connectivity index (χ3v) is 8.71. The highest BCUT2D eigenvalue weighted by molar-refractivity contribution is 8.13. The van der Waals surface area contributed by atoms with Gasteiger partial charge in [0.2, 0.25) is 0 Å². The monoisotopic (exact) mass is 445 g/mol. The fourth-order valence-corrected chi connectivity index (χ4v) is 6.73. The maximum atomic E-state index is 12.9. The summed E-state index contributed by atoms with van der Waals surface area (Å²) in [6, 6.07) is 14.2. The lowest BCUT2D eigenvalue weighted by Gasteiger charge is -2.28. The van der Waals surface area contributed by atoms with Crippen molar-refractivity contribution in [3.63, 3.8) is 0 Å². The summed E-state index contributed by atoms with van der Waals surface area (Å²) in [6.07, 6.45) is 3.26. The molecule has 2 atom stereocenters. The molecule has 3 aromatic rings. The number of carboxylic acids is 1. The van der Waals surface area contributed by atoms with Crippen LogP contribution in [-0.4, -0.2) is 42.4 Å². The largest absolute Gasteiger partial charge is 0.480 e. The number of ether oxygens (including phenoxy) is 1. The number of carbonyl (C=O) groups is 1. The summed E-state index contributed by atoms with van der Waals surface area (Å²) in [7, 11) is -3.82. The molecule has 156 valence electrons. The van der Waals surface area contributed by atoms with Gasteiger partial charge in [0.1, 0.15) is 22.1 Å². The summed E-state index contributed by atoms with van der Waals surface area (Å²) < 4.78 is 35.7. The Hall–Kier alpha value is -2.75. The molecule has 0 radical (unpaired) electrons. The van der Waals surface area contributed by atoms with Crippen molar-refractivity contribution in [2.45, 2.75) is 15.5 Å². The Balaban J connectivity index is 1.49. The molecule has 0 amide bonds. The molecule has 9 heteroatoms. The van der Waals surface area contributed by atoms with Crippen LogP contribution in [0.3, 0.4) is 0 Å². The zero-order valence-electron chi connectivity index (χ0n) is 15.7. The van der Waals surface area contributed by atoms with E-state index in [-0.39, 0.29) is 4.90 Å². The summed E-state index contributed by atoms with van der Waals surface area (Å²) in [5.41, 5.74) is 1.95. The molecule has 1 saturated heterocycles. The Morgan fingerprint density at radius 2 is 1.70 bits per heavy atom. The molecular formula is C21H19NO6S2. The maximum absolute atomic E-state index is 12.9. The lowest BCUT2D eigenvalue weighted by molar-refractivity contribution is -0.139. The quantitative estimate of drug-likeness (QED) is 0.593. The van der Waals surface area contributed by atoms with Crippen LogP contribution in [0.1, 0.15) is 0 Å². The second-order valence-electron chi connectivity index (χ2n) is 6.66. The SMILES string of the molecule is O=C(O)C1NCCSC1S(=O)(=O)c1ccc(Oc2ccc(-c3ccoc3)cc2)cc1. The minimum absolute atomic E-state index is 0.0672. The first-order valence-corrected chi connectivity index (χ1v) is 11.8. The van der Waals surface area contributed by atoms with Gasteiger partial charge in [-0.3, -0.25) is 4.79 Å². The van der Waals surface area contributed by atoms with E-state index in [1.807, 2.05) is 30.3 Å². The predicted octanol–water partition coefficient (Wildman–Crippen LogP) is 3.63. The van der Waals surface area contributed by atoms with E-state index in [1.54, 1.807) is 24.7 Å². The fraction of sp³-hybridized carbons (Fsp3) is 0.190. The third kappa shape index (κ3) is 4.23. The average molecular weight is 446 g/mol. The minimum Gasteiger partial charge on any atom is -0.480 e. The lowest BCUT2D eigenvalue weighted by Crippen LogP contribution is -2.52. The zero-order valence-corrected chi connectivity index (χ0v) is 17.4. The van der Waals surface area contributed by atoms with Gasteiger partial charge in [0, 0.05) is 17.9 Å². The average Bonchev–Trinajstić information content (AvgIpc) is 3.29. The summed E-state index contributed by atoms with van der Waals surface area (Å²) in [6.45, 7) is 0.458. The molecule has 0 bridgehead atoms. The van der Waals surface area contributed by atoms with Crippen molar-refractivity contribution in [3.05, 3.63) is 67.1 Å². The Bertz CT molecular complexity index is 1110. The van der Waals surface area contributed by atoms with Gasteiger partial charge < -0.3 is 19.6 Å². The van der Waals surface area contributed by atoms with E-state index in [4.69, 9.17) is 9.15 Å². The number of thioether (sulfide) groups is 1. The zero-order chi connectivity index (χ0) is 21.1. The predicted molar refractivity (Wildman–Crippen MR) is 114 cm³/mol. The number of nitrogens with one attached hydrogen (secondary N) is 1. The van der Waals surface area contributed by atoms with Gasteiger partial charge in [0.25, 0.3) is 0 Å². The van der Waals surface area contributed by atoms with Crippen LogP contribution in [0.5, 0.6) is 11.5 Å². The number of rotatable bonds is 6. The smallest absolute Gasteiger partial charge is 0.322 e. The molecule has 2 unspecified atom stereocenters. The molecule has 1 aromatic heterocycles. The first-order chi connectivity index (χ1) is 14.4. The number of aliphatic carboxylic acids is 1. The van der Waals surface area contributed by atoms with E-state index in [9.17, 15) is 18.3 Å². The Kier molecular flexibility index (Phi) is 5.85. The standard InChI is InChI=1S/C21H19NO6S2/c23-20(24)19-21(29-12-10-22-19)30(25,26)18-7-5-17(6-8-18)28-16-3-1-14(2-4-16)15-9-11-27-13-15/h1-9,11,13,19,21-22H,10,12H2,(H,23,24). The van der Waals surface area contributed by atoms with Crippen molar-refractivity contribution in [1.29, 1.82) is 0 Å². The van der Waals surface area contributed by atoms with Crippen LogP contribution in [-0.2, 0) is 14.6 Å². The molecule has 2 aromatic carbocycles. The van der Waals surface area contributed by atoms with Crippen molar-refractivity contribution < 1.29 is 27.5 Å². The summed E-state index contributed by atoms with van der Waals surface area (Å²) in [4.78, 5) is 11.5. The Morgan fingerprint density at radius 3 is 2.30 bits per heavy atom. The molecule has 4 rings (SSSR count). The van der Waals surface area contributed by atoms with Crippen LogP contribution in [0.4, 0.5) is 0 Å². The first kappa shape index (κ1) is 20.5. The maximum Gasteiger partial charge on any atom is 0.322 e. The van der Waals surface area contributed by atoms with Crippen molar-refractivity contribution >= 4 is 27.6 Å². The van der Waals surface area contributed by atoms with E-state index in [1.165, 1.54) is 12.1 Å². The van der Waals surface area contributed by atoms with E-state index in [0.717, 1.165) is 22.9 Å². The van der Waals surface area contributed by atoms with E-state index < -0.39 is 26.4 Å². The Morgan fingerprint density at radius 1 is 1.03 bits per heavy atom. The van der Waals surface area contributed by atoms with Crippen molar-refractivity contribution in [1.82, 2.24) is 5.32 Å². The highest BCUT2D eigenvalue weighted by atomic mass is 32.3. The fourth-order valence-electron chi connectivity index (χ4n) is 3.17. The van der Waals surface area contributed by atoms with Crippen LogP contribution in [0, 0.1) is 0 Å². The minimum atomic E-state index is -3.82. The molecule has 2 N–H and O–H groups in total. The van der Waals surface area contributed by atoms with Gasteiger partial charge in [-0.2, -0.15) is 0 Å². The molecule has 0 spiro atoms. The van der Waals surface area contributed by atoms with Gasteiger partial charge in [-0.25, -0.2) is 8.42 Å². The topological polar surface area (TPSA) is 106 Å². The summed E-state index contributed by atoms with van der Waals surface area (Å²) in [5.74, 6) is 0.448. The number of hydrogen-bond donors (Lipinski definition) is 2. The Labute approximate surface area is 178 Å². The number of sulfone groups is 1. The van der Waals surface area contributed by atoms with Crippen LogP contribution in [0.2, 0.25) is 0 Å². The van der Waals surface area contributed by atoms with Gasteiger partial charge in [-0.1, -0.05) is 12.1 Å². The van der Waals surface area contributed by atoms with E-state index >= 15 is 0 Å². The number of benzene rings is 2. The van der Waals surface area contributed by atoms with Gasteiger partial charge in [-0.15, -0.1) is 11.8 Å². The van der Waals surface area contributed by atoms with Crippen LogP contribution in [0.25, 0.3) is 11.1 Å². The third-order valence-electron chi connectivity index (χ3n) is 4.69. The molecule has 30 heavy (non-hydrogen) atoms. The van der Waals surface area contributed by atoms with Gasteiger partial charge in [0.15, 0.2) is 9.84 Å². The molecule has 7 nitrogen and oxygen atoms in total. The first-order valence-electron chi connectivity index (χ1n) is 9.17. The van der Waals surface area contributed by atoms with Gasteiger partial charge >= 0.3 is 5.97 Å². The van der Waals surface area contributed by atoms with E-state index in [2.05, 4.69) is 5.32 Å². The van der Waals surface area contributed by atoms with Crippen LogP contribution >= 0.6 is 11.8 Å². The van der Waals surface area contributed by atoms with Crippen LogP contribution in [0.15, 0.2) is 76.4 Å². The second-order valence-corrected chi connectivity index (χ2v) is 10.3. The van der Waals surface area contributed by atoms with E-state index in [0.29, 0.717) is 23.8 Å². The number of furan rings is 1. The van der Waals surface area contributed by atoms with Crippen LogP contribution < -0.4 is 10.1 Å². The molecule has 1 aliphatic heterocycles. The number of carboxylic acid groups (broad SMARTS) is 1. The molecule has 2 heterocycles. The second kappa shape index (κ2) is 8.55.